The first-order valence-corrected chi connectivity index (χ1v) is 10.4. The Labute approximate surface area is 165 Å². The largest absolute Gasteiger partial charge is 0.465 e. The zero-order valence-corrected chi connectivity index (χ0v) is 18.4. The maximum absolute atomic E-state index is 12.2. The summed E-state index contributed by atoms with van der Waals surface area (Å²) in [6, 6.07) is 0. The van der Waals surface area contributed by atoms with E-state index in [1.54, 1.807) is 0 Å². The molecular weight excluding hydrogens is 596 g/mol. The van der Waals surface area contributed by atoms with Crippen molar-refractivity contribution in [2.45, 2.75) is 0 Å². The third-order valence-corrected chi connectivity index (χ3v) is 7.89. The molecule has 0 aromatic heterocycles. The van der Waals surface area contributed by atoms with Crippen molar-refractivity contribution in [2.24, 2.45) is 0 Å². The molecule has 0 fully saturated rings. The molecule has 0 saturated carbocycles. The van der Waals surface area contributed by atoms with E-state index in [1.165, 1.54) is 0 Å². The minimum Gasteiger partial charge on any atom is -0.465 e. The lowest BCUT2D eigenvalue weighted by Crippen LogP contribution is -2.19. The van der Waals surface area contributed by atoms with Gasteiger partial charge in [-0.2, -0.15) is 8.42 Å². The Balaban J connectivity index is 3.33. The number of rotatable bonds is 5. The zero-order chi connectivity index (χ0) is 17.9. The molecule has 12 heteroatoms. The molecule has 128 valence electrons. The molecule has 0 heterocycles. The number of carbonyl (C=O) groups excluding carboxylic acids is 2. The Bertz CT molecular complexity index is 760. The van der Waals surface area contributed by atoms with Gasteiger partial charge >= 0.3 is 11.9 Å². The smallest absolute Gasteiger partial charge is 0.340 e. The van der Waals surface area contributed by atoms with Gasteiger partial charge in [0.05, 0.1) is 18.2 Å². The average molecular weight is 604 g/mol. The Morgan fingerprint density at radius 3 is 1.78 bits per heavy atom. The van der Waals surface area contributed by atoms with Crippen molar-refractivity contribution in [3.8, 4) is 0 Å². The predicted molar refractivity (Wildman–Crippen MR) is 95.3 cm³/mol. The second kappa shape index (κ2) is 8.39. The summed E-state index contributed by atoms with van der Waals surface area (Å²) in [6.45, 7) is -0.573. The van der Waals surface area contributed by atoms with E-state index in [0.29, 0.717) is 8.95 Å². The molecular formula is C11H8Br4O7S. The first-order chi connectivity index (χ1) is 10.5. The van der Waals surface area contributed by atoms with Crippen LogP contribution in [0.1, 0.15) is 20.7 Å². The molecule has 1 aromatic carbocycles. The highest BCUT2D eigenvalue weighted by Gasteiger charge is 2.29. The van der Waals surface area contributed by atoms with Crippen LogP contribution in [0, 0.1) is 0 Å². The minimum absolute atomic E-state index is 0.105. The van der Waals surface area contributed by atoms with Crippen LogP contribution in [0.25, 0.3) is 0 Å². The summed E-state index contributed by atoms with van der Waals surface area (Å²) in [5.41, 5.74) is -0.263. The molecule has 0 radical (unpaired) electrons. The molecule has 0 spiro atoms. The summed E-state index contributed by atoms with van der Waals surface area (Å²) in [6.07, 6.45) is 0. The van der Waals surface area contributed by atoms with Crippen molar-refractivity contribution < 1.29 is 32.0 Å². The van der Waals surface area contributed by atoms with Gasteiger partial charge in [0.15, 0.2) is 0 Å². The van der Waals surface area contributed by atoms with Crippen LogP contribution in [0.2, 0.25) is 0 Å². The van der Waals surface area contributed by atoms with Crippen molar-refractivity contribution in [2.75, 3.05) is 19.5 Å². The number of benzene rings is 1. The Morgan fingerprint density at radius 2 is 1.39 bits per heavy atom. The van der Waals surface area contributed by atoms with Gasteiger partial charge in [0.1, 0.15) is 12.4 Å². The van der Waals surface area contributed by atoms with Crippen LogP contribution in [-0.4, -0.2) is 44.4 Å². The third kappa shape index (κ3) is 5.23. The maximum Gasteiger partial charge on any atom is 0.340 e. The average Bonchev–Trinajstić information content (AvgIpc) is 2.46. The molecule has 0 amide bonds. The molecule has 0 atom stereocenters. The zero-order valence-electron chi connectivity index (χ0n) is 11.2. The summed E-state index contributed by atoms with van der Waals surface area (Å²) in [4.78, 5) is 24.2. The summed E-state index contributed by atoms with van der Waals surface area (Å²) in [7, 11) is -3.13. The van der Waals surface area contributed by atoms with Crippen molar-refractivity contribution in [1.29, 1.82) is 0 Å². The van der Waals surface area contributed by atoms with Gasteiger partial charge in [0.25, 0.3) is 10.1 Å². The molecule has 0 aliphatic rings. The van der Waals surface area contributed by atoms with Crippen LogP contribution in [0.5, 0.6) is 0 Å². The van der Waals surface area contributed by atoms with E-state index in [0.717, 1.165) is 7.11 Å². The number of hydrogen-bond acceptors (Lipinski definition) is 6. The fourth-order valence-electron chi connectivity index (χ4n) is 1.43. The number of methoxy groups -OCH3 is 1. The van der Waals surface area contributed by atoms with Crippen LogP contribution in [0.15, 0.2) is 17.9 Å². The number of ether oxygens (including phenoxy) is 2. The van der Waals surface area contributed by atoms with Crippen molar-refractivity contribution in [3.63, 3.8) is 0 Å². The SMILES string of the molecule is COC(=O)c1c(Br)c(Br)c(Br)c(Br)c1C(=O)OCCS(=O)(=O)O. The summed E-state index contributed by atoms with van der Waals surface area (Å²) in [5.74, 6) is -2.52. The Morgan fingerprint density at radius 1 is 0.957 bits per heavy atom. The fraction of sp³-hybridized carbons (Fsp3) is 0.273. The molecule has 0 saturated heterocycles. The molecule has 0 unspecified atom stereocenters. The maximum atomic E-state index is 12.2. The first-order valence-electron chi connectivity index (χ1n) is 5.57. The fourth-order valence-corrected chi connectivity index (χ4v) is 4.16. The third-order valence-electron chi connectivity index (χ3n) is 2.44. The van der Waals surface area contributed by atoms with E-state index in [2.05, 4.69) is 68.5 Å². The minimum atomic E-state index is -4.27. The van der Waals surface area contributed by atoms with Crippen LogP contribution in [0.3, 0.4) is 0 Å². The molecule has 23 heavy (non-hydrogen) atoms. The van der Waals surface area contributed by atoms with E-state index in [4.69, 9.17) is 9.29 Å². The predicted octanol–water partition coefficient (Wildman–Crippen LogP) is 3.57. The molecule has 1 N–H and O–H groups in total. The van der Waals surface area contributed by atoms with E-state index < -0.39 is 34.4 Å². The Hall–Kier alpha value is -0.0100. The normalized spacial score (nSPS) is 11.2. The number of esters is 2. The van der Waals surface area contributed by atoms with Gasteiger partial charge in [-0.05, 0) is 63.7 Å². The monoisotopic (exact) mass is 600 g/mol. The van der Waals surface area contributed by atoms with Gasteiger partial charge in [-0.15, -0.1) is 0 Å². The van der Waals surface area contributed by atoms with Gasteiger partial charge < -0.3 is 9.47 Å². The van der Waals surface area contributed by atoms with Crippen molar-refractivity contribution in [3.05, 3.63) is 29.0 Å². The lowest BCUT2D eigenvalue weighted by atomic mass is 10.1. The van der Waals surface area contributed by atoms with Crippen LogP contribution >= 0.6 is 63.7 Å². The van der Waals surface area contributed by atoms with E-state index >= 15 is 0 Å². The highest BCUT2D eigenvalue weighted by atomic mass is 79.9. The molecule has 7 nitrogen and oxygen atoms in total. The van der Waals surface area contributed by atoms with Crippen molar-refractivity contribution >= 4 is 85.8 Å². The first kappa shape index (κ1) is 21.0. The van der Waals surface area contributed by atoms with E-state index in [9.17, 15) is 18.0 Å². The topological polar surface area (TPSA) is 107 Å². The van der Waals surface area contributed by atoms with Crippen LogP contribution in [0.4, 0.5) is 0 Å². The van der Waals surface area contributed by atoms with Gasteiger partial charge in [-0.3, -0.25) is 4.55 Å². The standard InChI is InChI=1S/C11H8Br4O7S/c1-21-10(16)4-5(7(13)9(15)8(14)6(4)12)11(17)22-2-3-23(18,19)20/h2-3H2,1H3,(H,18,19,20). The number of halogens is 4. The quantitative estimate of drug-likeness (QED) is 0.237. The summed E-state index contributed by atoms with van der Waals surface area (Å²) >= 11 is 12.8. The highest BCUT2D eigenvalue weighted by Crippen LogP contribution is 2.42. The van der Waals surface area contributed by atoms with E-state index in [-0.39, 0.29) is 20.1 Å². The molecule has 0 aliphatic heterocycles. The highest BCUT2D eigenvalue weighted by molar-refractivity contribution is 9.15. The summed E-state index contributed by atoms with van der Waals surface area (Å²) in [5, 5.41) is 0. The van der Waals surface area contributed by atoms with Gasteiger partial charge in [-0.25, -0.2) is 9.59 Å². The Kier molecular flexibility index (Phi) is 7.67. The van der Waals surface area contributed by atoms with Gasteiger partial charge in [0.2, 0.25) is 0 Å². The van der Waals surface area contributed by atoms with Crippen LogP contribution in [-0.2, 0) is 19.6 Å². The lowest BCUT2D eigenvalue weighted by molar-refractivity contribution is 0.0503. The van der Waals surface area contributed by atoms with E-state index in [1.807, 2.05) is 0 Å². The molecule has 0 bridgehead atoms. The van der Waals surface area contributed by atoms with Crippen LogP contribution < -0.4 is 0 Å². The molecule has 1 rings (SSSR count). The van der Waals surface area contributed by atoms with Gasteiger partial charge in [-0.1, -0.05) is 0 Å². The van der Waals surface area contributed by atoms with Gasteiger partial charge in [0, 0.05) is 17.9 Å². The number of carbonyl (C=O) groups is 2. The molecule has 0 aliphatic carbocycles. The molecule has 1 aromatic rings. The summed E-state index contributed by atoms with van der Waals surface area (Å²) < 4.78 is 40.7. The second-order valence-electron chi connectivity index (χ2n) is 3.92. The number of hydrogen-bond donors (Lipinski definition) is 1. The second-order valence-corrected chi connectivity index (χ2v) is 8.66. The lowest BCUT2D eigenvalue weighted by Gasteiger charge is -2.15. The van der Waals surface area contributed by atoms with Crippen molar-refractivity contribution in [1.82, 2.24) is 0 Å².